The first-order valence-electron chi connectivity index (χ1n) is 4.75. The van der Waals surface area contributed by atoms with Gasteiger partial charge in [-0.05, 0) is 42.2 Å². The van der Waals surface area contributed by atoms with Crippen LogP contribution in [0.4, 0.5) is 4.39 Å². The van der Waals surface area contributed by atoms with Gasteiger partial charge in [0, 0.05) is 6.42 Å². The summed E-state index contributed by atoms with van der Waals surface area (Å²) in [5.74, 6) is -0.0146. The molecule has 1 aliphatic carbocycles. The third-order valence-electron chi connectivity index (χ3n) is 2.42. The van der Waals surface area contributed by atoms with Crippen LogP contribution in [0.15, 0.2) is 29.8 Å². The van der Waals surface area contributed by atoms with Gasteiger partial charge in [-0.15, -0.1) is 0 Å². The van der Waals surface area contributed by atoms with Gasteiger partial charge in [-0.25, -0.2) is 4.39 Å². The summed E-state index contributed by atoms with van der Waals surface area (Å²) >= 11 is 0. The van der Waals surface area contributed by atoms with Crippen molar-refractivity contribution in [2.24, 2.45) is 0 Å². The molecule has 0 atom stereocenters. The van der Waals surface area contributed by atoms with E-state index in [1.807, 2.05) is 6.08 Å². The Balaban J connectivity index is 2.24. The molecule has 0 aliphatic heterocycles. The van der Waals surface area contributed by atoms with Crippen molar-refractivity contribution in [3.63, 3.8) is 0 Å². The van der Waals surface area contributed by atoms with E-state index in [1.165, 1.54) is 12.1 Å². The number of rotatable bonds is 1. The number of Topliss-reactive ketones (excluding diaryl/α,β-unsaturated/α-hetero) is 1. The monoisotopic (exact) mass is 190 g/mol. The maximum Gasteiger partial charge on any atom is 0.158 e. The fourth-order valence-corrected chi connectivity index (χ4v) is 1.65. The topological polar surface area (TPSA) is 17.1 Å². The highest BCUT2D eigenvalue weighted by atomic mass is 19.1. The van der Waals surface area contributed by atoms with Crippen LogP contribution in [0, 0.1) is 5.82 Å². The molecule has 72 valence electrons. The highest BCUT2D eigenvalue weighted by Gasteiger charge is 2.16. The van der Waals surface area contributed by atoms with Gasteiger partial charge in [-0.2, -0.15) is 0 Å². The smallest absolute Gasteiger partial charge is 0.158 e. The SMILES string of the molecule is O=C1CCC/C1=C/c1ccc(F)cc1. The lowest BCUT2D eigenvalue weighted by Gasteiger charge is -1.96. The Labute approximate surface area is 82.3 Å². The Hall–Kier alpha value is -1.44. The Morgan fingerprint density at radius 1 is 1.14 bits per heavy atom. The van der Waals surface area contributed by atoms with Crippen LogP contribution >= 0.6 is 0 Å². The number of benzene rings is 1. The lowest BCUT2D eigenvalue weighted by molar-refractivity contribution is -0.114. The number of allylic oxidation sites excluding steroid dienone is 1. The van der Waals surface area contributed by atoms with Crippen LogP contribution in [0.2, 0.25) is 0 Å². The van der Waals surface area contributed by atoms with Gasteiger partial charge < -0.3 is 0 Å². The number of hydrogen-bond donors (Lipinski definition) is 0. The van der Waals surface area contributed by atoms with Crippen LogP contribution in [0.1, 0.15) is 24.8 Å². The summed E-state index contributed by atoms with van der Waals surface area (Å²) in [6.07, 6.45) is 4.32. The van der Waals surface area contributed by atoms with Crippen molar-refractivity contribution in [2.45, 2.75) is 19.3 Å². The minimum absolute atomic E-state index is 0.231. The molecular weight excluding hydrogens is 179 g/mol. The van der Waals surface area contributed by atoms with Crippen molar-refractivity contribution >= 4 is 11.9 Å². The van der Waals surface area contributed by atoms with E-state index in [2.05, 4.69) is 0 Å². The van der Waals surface area contributed by atoms with Crippen LogP contribution in [0.5, 0.6) is 0 Å². The second-order valence-electron chi connectivity index (χ2n) is 3.50. The largest absolute Gasteiger partial charge is 0.295 e. The molecule has 0 saturated heterocycles. The summed E-state index contributed by atoms with van der Waals surface area (Å²) in [6.45, 7) is 0. The van der Waals surface area contributed by atoms with Crippen LogP contribution in [0.3, 0.4) is 0 Å². The molecule has 1 aromatic carbocycles. The molecule has 0 radical (unpaired) electrons. The zero-order chi connectivity index (χ0) is 9.97. The minimum atomic E-state index is -0.245. The molecule has 0 spiro atoms. The third-order valence-corrected chi connectivity index (χ3v) is 2.42. The van der Waals surface area contributed by atoms with Gasteiger partial charge >= 0.3 is 0 Å². The highest BCUT2D eigenvalue weighted by Crippen LogP contribution is 2.22. The zero-order valence-corrected chi connectivity index (χ0v) is 7.79. The number of carbonyl (C=O) groups excluding carboxylic acids is 1. The first-order chi connectivity index (χ1) is 6.75. The lowest BCUT2D eigenvalue weighted by atomic mass is 10.1. The second kappa shape index (κ2) is 3.74. The molecule has 1 saturated carbocycles. The third kappa shape index (κ3) is 1.90. The van der Waals surface area contributed by atoms with Gasteiger partial charge in [0.2, 0.25) is 0 Å². The second-order valence-corrected chi connectivity index (χ2v) is 3.50. The molecule has 0 bridgehead atoms. The standard InChI is InChI=1S/C12H11FO/c13-11-6-4-9(5-7-11)8-10-2-1-3-12(10)14/h4-8H,1-3H2/b10-8-. The van der Waals surface area contributed by atoms with E-state index < -0.39 is 0 Å². The molecular formula is C12H11FO. The van der Waals surface area contributed by atoms with E-state index in [0.717, 1.165) is 24.0 Å². The summed E-state index contributed by atoms with van der Waals surface area (Å²) < 4.78 is 12.6. The maximum absolute atomic E-state index is 12.6. The van der Waals surface area contributed by atoms with Gasteiger partial charge in [-0.1, -0.05) is 12.1 Å². The molecule has 1 fully saturated rings. The number of hydrogen-bond acceptors (Lipinski definition) is 1. The van der Waals surface area contributed by atoms with Gasteiger partial charge in [0.25, 0.3) is 0 Å². The summed E-state index contributed by atoms with van der Waals surface area (Å²) in [4.78, 5) is 11.3. The predicted molar refractivity (Wildman–Crippen MR) is 53.2 cm³/mol. The fourth-order valence-electron chi connectivity index (χ4n) is 1.65. The molecule has 0 heterocycles. The average Bonchev–Trinajstić information content (AvgIpc) is 2.56. The summed E-state index contributed by atoms with van der Waals surface area (Å²) in [5.41, 5.74) is 1.77. The van der Waals surface area contributed by atoms with Crippen molar-refractivity contribution in [3.05, 3.63) is 41.2 Å². The Morgan fingerprint density at radius 2 is 1.86 bits per heavy atom. The molecule has 1 nitrogen and oxygen atoms in total. The number of ketones is 1. The number of carbonyl (C=O) groups is 1. The van der Waals surface area contributed by atoms with Crippen molar-refractivity contribution in [1.29, 1.82) is 0 Å². The molecule has 2 rings (SSSR count). The first kappa shape index (κ1) is 9.13. The van der Waals surface area contributed by atoms with E-state index in [0.29, 0.717) is 6.42 Å². The van der Waals surface area contributed by atoms with Crippen molar-refractivity contribution in [2.75, 3.05) is 0 Å². The summed E-state index contributed by atoms with van der Waals surface area (Å²) in [7, 11) is 0. The molecule has 1 aromatic rings. The maximum atomic E-state index is 12.6. The summed E-state index contributed by atoms with van der Waals surface area (Å²) in [5, 5.41) is 0. The van der Waals surface area contributed by atoms with E-state index in [4.69, 9.17) is 0 Å². The molecule has 2 heteroatoms. The van der Waals surface area contributed by atoms with Gasteiger partial charge in [-0.3, -0.25) is 4.79 Å². The Morgan fingerprint density at radius 3 is 2.43 bits per heavy atom. The number of halogens is 1. The lowest BCUT2D eigenvalue weighted by Crippen LogP contribution is -1.90. The van der Waals surface area contributed by atoms with E-state index in [1.54, 1.807) is 12.1 Å². The molecule has 14 heavy (non-hydrogen) atoms. The molecule has 0 unspecified atom stereocenters. The normalized spacial score (nSPS) is 19.2. The first-order valence-corrected chi connectivity index (χ1v) is 4.75. The van der Waals surface area contributed by atoms with Crippen molar-refractivity contribution in [3.8, 4) is 0 Å². The Kier molecular flexibility index (Phi) is 2.44. The zero-order valence-electron chi connectivity index (χ0n) is 7.79. The van der Waals surface area contributed by atoms with Crippen molar-refractivity contribution < 1.29 is 9.18 Å². The molecule has 0 aromatic heterocycles. The van der Waals surface area contributed by atoms with Crippen LogP contribution in [0.25, 0.3) is 6.08 Å². The van der Waals surface area contributed by atoms with E-state index in [-0.39, 0.29) is 11.6 Å². The predicted octanol–water partition coefficient (Wildman–Crippen LogP) is 2.96. The molecule has 1 aliphatic rings. The van der Waals surface area contributed by atoms with Crippen LogP contribution in [-0.4, -0.2) is 5.78 Å². The molecule has 0 amide bonds. The quantitative estimate of drug-likeness (QED) is 0.622. The van der Waals surface area contributed by atoms with E-state index >= 15 is 0 Å². The van der Waals surface area contributed by atoms with Gasteiger partial charge in [0.05, 0.1) is 0 Å². The van der Waals surface area contributed by atoms with Crippen molar-refractivity contribution in [1.82, 2.24) is 0 Å². The Bertz CT molecular complexity index is 376. The fraction of sp³-hybridized carbons (Fsp3) is 0.250. The average molecular weight is 190 g/mol. The minimum Gasteiger partial charge on any atom is -0.295 e. The van der Waals surface area contributed by atoms with Crippen LogP contribution < -0.4 is 0 Å². The van der Waals surface area contributed by atoms with Crippen LogP contribution in [-0.2, 0) is 4.79 Å². The highest BCUT2D eigenvalue weighted by molar-refractivity contribution is 6.01. The van der Waals surface area contributed by atoms with E-state index in [9.17, 15) is 9.18 Å². The van der Waals surface area contributed by atoms with Gasteiger partial charge in [0.15, 0.2) is 5.78 Å². The van der Waals surface area contributed by atoms with Gasteiger partial charge in [0.1, 0.15) is 5.82 Å². The molecule has 0 N–H and O–H groups in total. The summed E-state index contributed by atoms with van der Waals surface area (Å²) in [6, 6.07) is 6.19.